The van der Waals surface area contributed by atoms with E-state index >= 15 is 0 Å². The smallest absolute Gasteiger partial charge is 0.163 e. The summed E-state index contributed by atoms with van der Waals surface area (Å²) in [7, 11) is 1.60. The number of anilines is 1. The summed E-state index contributed by atoms with van der Waals surface area (Å²) in [5, 5.41) is 14.4. The van der Waals surface area contributed by atoms with Crippen LogP contribution in [0.1, 0.15) is 17.8 Å². The number of nitrogens with one attached hydrogen (secondary N) is 1. The molecule has 0 saturated heterocycles. The number of thiophene rings is 1. The molecule has 0 aliphatic rings. The van der Waals surface area contributed by atoms with E-state index in [0.717, 1.165) is 10.2 Å². The predicted octanol–water partition coefficient (Wildman–Crippen LogP) is 4.06. The number of benzene rings is 1. The normalized spacial score (nSPS) is 12.0. The number of aliphatic hydroxyl groups is 1. The van der Waals surface area contributed by atoms with E-state index in [-0.39, 0.29) is 19.3 Å². The standard InChI is InChI=1S/C15H18BrNO3S/c1-10(15-7-11(16)9-21-15)17-12-3-4-13(19-2)14(8-12)20-6-5-18/h3-4,7-10,17-18H,5-6H2,1-2H3. The second-order valence-corrected chi connectivity index (χ2v) is 6.33. The summed E-state index contributed by atoms with van der Waals surface area (Å²) in [4.78, 5) is 1.25. The van der Waals surface area contributed by atoms with Crippen molar-refractivity contribution in [2.24, 2.45) is 0 Å². The zero-order chi connectivity index (χ0) is 15.2. The minimum absolute atomic E-state index is 0.0273. The Hall–Kier alpha value is -1.24. The third-order valence-corrected chi connectivity index (χ3v) is 4.79. The molecule has 0 fully saturated rings. The van der Waals surface area contributed by atoms with Gasteiger partial charge in [0.2, 0.25) is 0 Å². The fraction of sp³-hybridized carbons (Fsp3) is 0.333. The number of ether oxygens (including phenoxy) is 2. The van der Waals surface area contributed by atoms with Crippen LogP contribution in [0.3, 0.4) is 0 Å². The summed E-state index contributed by atoms with van der Waals surface area (Å²) in [6.45, 7) is 2.32. The molecule has 0 saturated carbocycles. The van der Waals surface area contributed by atoms with Crippen LogP contribution < -0.4 is 14.8 Å². The van der Waals surface area contributed by atoms with Crippen LogP contribution in [-0.2, 0) is 0 Å². The van der Waals surface area contributed by atoms with E-state index in [1.807, 2.05) is 18.2 Å². The van der Waals surface area contributed by atoms with Gasteiger partial charge < -0.3 is 19.9 Å². The van der Waals surface area contributed by atoms with Gasteiger partial charge in [-0.1, -0.05) is 0 Å². The van der Waals surface area contributed by atoms with Gasteiger partial charge in [-0.05, 0) is 41.1 Å². The molecular formula is C15H18BrNO3S. The zero-order valence-electron chi connectivity index (χ0n) is 11.9. The van der Waals surface area contributed by atoms with Gasteiger partial charge in [-0.15, -0.1) is 11.3 Å². The second kappa shape index (κ2) is 7.68. The van der Waals surface area contributed by atoms with Crippen molar-refractivity contribution in [3.05, 3.63) is 39.0 Å². The quantitative estimate of drug-likeness (QED) is 0.770. The van der Waals surface area contributed by atoms with E-state index in [1.54, 1.807) is 18.4 Å². The van der Waals surface area contributed by atoms with Gasteiger partial charge >= 0.3 is 0 Å². The van der Waals surface area contributed by atoms with E-state index in [9.17, 15) is 0 Å². The van der Waals surface area contributed by atoms with Crippen molar-refractivity contribution in [1.29, 1.82) is 0 Å². The maximum absolute atomic E-state index is 8.87. The molecular weight excluding hydrogens is 354 g/mol. The summed E-state index contributed by atoms with van der Waals surface area (Å²) in [6, 6.07) is 7.99. The molecule has 4 nitrogen and oxygen atoms in total. The second-order valence-electron chi connectivity index (χ2n) is 4.47. The van der Waals surface area contributed by atoms with Crippen LogP contribution in [0.15, 0.2) is 34.1 Å². The number of methoxy groups -OCH3 is 1. The summed E-state index contributed by atoms with van der Waals surface area (Å²) in [5.41, 5.74) is 0.945. The Bertz CT molecular complexity index is 588. The van der Waals surface area contributed by atoms with Gasteiger partial charge in [-0.25, -0.2) is 0 Å². The highest BCUT2D eigenvalue weighted by molar-refractivity contribution is 9.10. The van der Waals surface area contributed by atoms with Gasteiger partial charge in [0.1, 0.15) is 6.61 Å². The average Bonchev–Trinajstić information content (AvgIpc) is 2.92. The monoisotopic (exact) mass is 371 g/mol. The van der Waals surface area contributed by atoms with Crippen molar-refractivity contribution in [2.75, 3.05) is 25.6 Å². The molecule has 1 unspecified atom stereocenters. The van der Waals surface area contributed by atoms with Crippen LogP contribution in [0.2, 0.25) is 0 Å². The van der Waals surface area contributed by atoms with Crippen LogP contribution >= 0.6 is 27.3 Å². The number of hydrogen-bond acceptors (Lipinski definition) is 5. The highest BCUT2D eigenvalue weighted by Gasteiger charge is 2.10. The number of halogens is 1. The van der Waals surface area contributed by atoms with E-state index in [4.69, 9.17) is 14.6 Å². The fourth-order valence-electron chi connectivity index (χ4n) is 1.91. The molecule has 0 spiro atoms. The number of aliphatic hydroxyl groups excluding tert-OH is 1. The molecule has 2 N–H and O–H groups in total. The molecule has 0 aliphatic carbocycles. The average molecular weight is 372 g/mol. The topological polar surface area (TPSA) is 50.7 Å². The molecule has 1 aromatic heterocycles. The summed E-state index contributed by atoms with van der Waals surface area (Å²) < 4.78 is 11.8. The molecule has 1 heterocycles. The van der Waals surface area contributed by atoms with Crippen molar-refractivity contribution in [3.63, 3.8) is 0 Å². The molecule has 2 rings (SSSR count). The lowest BCUT2D eigenvalue weighted by atomic mass is 10.2. The van der Waals surface area contributed by atoms with Crippen LogP contribution in [0, 0.1) is 0 Å². The van der Waals surface area contributed by atoms with Crippen LogP contribution in [0.25, 0.3) is 0 Å². The van der Waals surface area contributed by atoms with Gasteiger partial charge in [-0.3, -0.25) is 0 Å². The lowest BCUT2D eigenvalue weighted by Gasteiger charge is -2.16. The fourth-order valence-corrected chi connectivity index (χ4v) is 3.36. The predicted molar refractivity (Wildman–Crippen MR) is 89.6 cm³/mol. The molecule has 0 aliphatic heterocycles. The Morgan fingerprint density at radius 1 is 1.33 bits per heavy atom. The van der Waals surface area contributed by atoms with Gasteiger partial charge in [0.25, 0.3) is 0 Å². The van der Waals surface area contributed by atoms with E-state index in [0.29, 0.717) is 11.5 Å². The largest absolute Gasteiger partial charge is 0.493 e. The molecule has 0 bridgehead atoms. The first-order chi connectivity index (χ1) is 10.1. The Morgan fingerprint density at radius 3 is 2.76 bits per heavy atom. The number of rotatable bonds is 7. The van der Waals surface area contributed by atoms with E-state index < -0.39 is 0 Å². The van der Waals surface area contributed by atoms with Crippen molar-refractivity contribution in [2.45, 2.75) is 13.0 Å². The molecule has 0 amide bonds. The number of hydrogen-bond donors (Lipinski definition) is 2. The summed E-state index contributed by atoms with van der Waals surface area (Å²) in [6.07, 6.45) is 0. The van der Waals surface area contributed by atoms with Crippen molar-refractivity contribution in [1.82, 2.24) is 0 Å². The molecule has 1 aromatic carbocycles. The first-order valence-corrected chi connectivity index (χ1v) is 8.23. The van der Waals surface area contributed by atoms with Crippen molar-refractivity contribution >= 4 is 33.0 Å². The molecule has 1 atom stereocenters. The highest BCUT2D eigenvalue weighted by atomic mass is 79.9. The summed E-state index contributed by atoms with van der Waals surface area (Å²) in [5.74, 6) is 1.27. The van der Waals surface area contributed by atoms with Crippen LogP contribution in [-0.4, -0.2) is 25.4 Å². The SMILES string of the molecule is COc1ccc(NC(C)c2cc(Br)cs2)cc1OCCO. The molecule has 6 heteroatoms. The minimum atomic E-state index is -0.0273. The Balaban J connectivity index is 2.12. The lowest BCUT2D eigenvalue weighted by molar-refractivity contribution is 0.196. The highest BCUT2D eigenvalue weighted by Crippen LogP contribution is 2.33. The zero-order valence-corrected chi connectivity index (χ0v) is 14.3. The van der Waals surface area contributed by atoms with E-state index in [2.05, 4.69) is 39.6 Å². The van der Waals surface area contributed by atoms with Crippen LogP contribution in [0.4, 0.5) is 5.69 Å². The third-order valence-electron chi connectivity index (χ3n) is 2.91. The van der Waals surface area contributed by atoms with E-state index in [1.165, 1.54) is 4.88 Å². The third kappa shape index (κ3) is 4.36. The van der Waals surface area contributed by atoms with Gasteiger partial charge in [0, 0.05) is 26.5 Å². The Kier molecular flexibility index (Phi) is 5.90. The van der Waals surface area contributed by atoms with Gasteiger partial charge in [0.15, 0.2) is 11.5 Å². The van der Waals surface area contributed by atoms with Gasteiger partial charge in [-0.2, -0.15) is 0 Å². The first kappa shape index (κ1) is 16.1. The van der Waals surface area contributed by atoms with Crippen molar-refractivity contribution < 1.29 is 14.6 Å². The van der Waals surface area contributed by atoms with Gasteiger partial charge in [0.05, 0.1) is 19.8 Å². The molecule has 2 aromatic rings. The molecule has 0 radical (unpaired) electrons. The first-order valence-electron chi connectivity index (χ1n) is 6.56. The molecule has 114 valence electrons. The summed E-state index contributed by atoms with van der Waals surface area (Å²) >= 11 is 5.17. The van der Waals surface area contributed by atoms with Crippen LogP contribution in [0.5, 0.6) is 11.5 Å². The Morgan fingerprint density at radius 2 is 2.14 bits per heavy atom. The maximum atomic E-state index is 8.87. The van der Waals surface area contributed by atoms with Crippen molar-refractivity contribution in [3.8, 4) is 11.5 Å². The lowest BCUT2D eigenvalue weighted by Crippen LogP contribution is -2.06. The minimum Gasteiger partial charge on any atom is -0.493 e. The molecule has 21 heavy (non-hydrogen) atoms. The Labute approximate surface area is 136 Å². The maximum Gasteiger partial charge on any atom is 0.163 e.